The maximum absolute atomic E-state index is 13.5. The minimum Gasteiger partial charge on any atom is -0.481 e. The molecule has 1 aliphatic carbocycles. The van der Waals surface area contributed by atoms with Crippen molar-refractivity contribution in [3.05, 3.63) is 34.6 Å². The van der Waals surface area contributed by atoms with Crippen molar-refractivity contribution < 1.29 is 14.3 Å². The van der Waals surface area contributed by atoms with Crippen LogP contribution in [0.15, 0.2) is 18.2 Å². The molecule has 1 fully saturated rings. The maximum atomic E-state index is 13.5. The molecule has 0 heterocycles. The van der Waals surface area contributed by atoms with Crippen LogP contribution < -0.4 is 0 Å². The van der Waals surface area contributed by atoms with Gasteiger partial charge in [-0.25, -0.2) is 4.39 Å². The van der Waals surface area contributed by atoms with E-state index in [9.17, 15) is 9.18 Å². The van der Waals surface area contributed by atoms with E-state index in [-0.39, 0.29) is 12.2 Å². The highest BCUT2D eigenvalue weighted by Crippen LogP contribution is 2.44. The van der Waals surface area contributed by atoms with Crippen molar-refractivity contribution in [2.45, 2.75) is 25.7 Å². The average molecular weight is 243 g/mol. The summed E-state index contributed by atoms with van der Waals surface area (Å²) in [7, 11) is 0. The lowest BCUT2D eigenvalue weighted by molar-refractivity contribution is -0.154. The van der Waals surface area contributed by atoms with Crippen molar-refractivity contribution in [1.29, 1.82) is 0 Å². The van der Waals surface area contributed by atoms with Crippen molar-refractivity contribution in [3.63, 3.8) is 0 Å². The number of carbonyl (C=O) groups is 1. The number of benzene rings is 1. The van der Waals surface area contributed by atoms with Gasteiger partial charge in [0.15, 0.2) is 0 Å². The number of halogens is 2. The summed E-state index contributed by atoms with van der Waals surface area (Å²) >= 11 is 5.77. The number of hydrogen-bond acceptors (Lipinski definition) is 1. The van der Waals surface area contributed by atoms with Crippen LogP contribution in [-0.4, -0.2) is 11.1 Å². The first-order valence-corrected chi connectivity index (χ1v) is 5.59. The quantitative estimate of drug-likeness (QED) is 0.883. The largest absolute Gasteiger partial charge is 0.481 e. The summed E-state index contributed by atoms with van der Waals surface area (Å²) in [5.41, 5.74) is -0.375. The van der Waals surface area contributed by atoms with Gasteiger partial charge in [-0.3, -0.25) is 4.79 Å². The van der Waals surface area contributed by atoms with Crippen LogP contribution >= 0.6 is 11.6 Å². The molecule has 4 heteroatoms. The summed E-state index contributed by atoms with van der Waals surface area (Å²) < 4.78 is 13.5. The second kappa shape index (κ2) is 4.06. The van der Waals surface area contributed by atoms with Gasteiger partial charge in [-0.05, 0) is 43.0 Å². The monoisotopic (exact) mass is 242 g/mol. The molecule has 0 unspecified atom stereocenters. The first-order valence-electron chi connectivity index (χ1n) is 5.21. The number of carboxylic acids is 1. The van der Waals surface area contributed by atoms with Crippen LogP contribution in [0.1, 0.15) is 24.8 Å². The Hall–Kier alpha value is -1.09. The average Bonchev–Trinajstić information content (AvgIpc) is 2.16. The number of rotatable bonds is 3. The predicted molar refractivity (Wildman–Crippen MR) is 59.0 cm³/mol. The first kappa shape index (κ1) is 11.4. The molecule has 0 aliphatic heterocycles. The Labute approximate surface area is 98.0 Å². The highest BCUT2D eigenvalue weighted by Gasteiger charge is 2.44. The Morgan fingerprint density at radius 2 is 2.19 bits per heavy atom. The molecule has 1 N–H and O–H groups in total. The molecule has 1 aromatic rings. The van der Waals surface area contributed by atoms with E-state index >= 15 is 0 Å². The summed E-state index contributed by atoms with van der Waals surface area (Å²) in [5.74, 6) is -1.21. The molecule has 1 aromatic carbocycles. The standard InChI is InChI=1S/C12H12ClFO2/c13-9-2-3-10(14)8(6-9)7-12(11(15)16)4-1-5-12/h2-3,6H,1,4-5,7H2,(H,15,16). The molecular weight excluding hydrogens is 231 g/mol. The molecule has 1 aliphatic rings. The fourth-order valence-electron chi connectivity index (χ4n) is 2.11. The Kier molecular flexibility index (Phi) is 2.89. The van der Waals surface area contributed by atoms with Crippen LogP contribution in [0.25, 0.3) is 0 Å². The molecule has 2 nitrogen and oxygen atoms in total. The molecule has 0 radical (unpaired) electrons. The molecule has 16 heavy (non-hydrogen) atoms. The molecule has 1 saturated carbocycles. The van der Waals surface area contributed by atoms with Crippen molar-refractivity contribution in [3.8, 4) is 0 Å². The van der Waals surface area contributed by atoms with E-state index in [2.05, 4.69) is 0 Å². The van der Waals surface area contributed by atoms with Crippen LogP contribution in [-0.2, 0) is 11.2 Å². The van der Waals surface area contributed by atoms with Gasteiger partial charge in [-0.1, -0.05) is 18.0 Å². The topological polar surface area (TPSA) is 37.3 Å². The molecule has 0 bridgehead atoms. The normalized spacial score (nSPS) is 17.9. The van der Waals surface area contributed by atoms with E-state index in [1.54, 1.807) is 0 Å². The second-order valence-corrected chi connectivity index (χ2v) is 4.79. The number of aliphatic carboxylic acids is 1. The van der Waals surface area contributed by atoms with E-state index in [1.807, 2.05) is 0 Å². The fourth-order valence-corrected chi connectivity index (χ4v) is 2.31. The number of hydrogen-bond donors (Lipinski definition) is 1. The van der Waals surface area contributed by atoms with E-state index in [1.165, 1.54) is 18.2 Å². The second-order valence-electron chi connectivity index (χ2n) is 4.35. The van der Waals surface area contributed by atoms with Gasteiger partial charge in [0.1, 0.15) is 5.82 Å². The Balaban J connectivity index is 2.26. The highest BCUT2D eigenvalue weighted by atomic mass is 35.5. The van der Waals surface area contributed by atoms with Crippen molar-refractivity contribution in [1.82, 2.24) is 0 Å². The highest BCUT2D eigenvalue weighted by molar-refractivity contribution is 6.30. The third-order valence-electron chi connectivity index (χ3n) is 3.30. The summed E-state index contributed by atoms with van der Waals surface area (Å²) in [6.45, 7) is 0. The van der Waals surface area contributed by atoms with Gasteiger partial charge in [-0.2, -0.15) is 0 Å². The van der Waals surface area contributed by atoms with E-state index < -0.39 is 11.4 Å². The lowest BCUT2D eigenvalue weighted by Gasteiger charge is -2.37. The van der Waals surface area contributed by atoms with E-state index in [4.69, 9.17) is 16.7 Å². The molecule has 0 spiro atoms. The van der Waals surface area contributed by atoms with Crippen molar-refractivity contribution >= 4 is 17.6 Å². The molecule has 0 aromatic heterocycles. The van der Waals surface area contributed by atoms with Gasteiger partial charge in [-0.15, -0.1) is 0 Å². The summed E-state index contributed by atoms with van der Waals surface area (Å²) in [5, 5.41) is 9.59. The summed E-state index contributed by atoms with van der Waals surface area (Å²) in [6.07, 6.45) is 2.37. The van der Waals surface area contributed by atoms with Gasteiger partial charge in [0.05, 0.1) is 5.41 Å². The molecule has 0 amide bonds. The Morgan fingerprint density at radius 1 is 1.50 bits per heavy atom. The minimum absolute atomic E-state index is 0.231. The first-order chi connectivity index (χ1) is 7.53. The maximum Gasteiger partial charge on any atom is 0.309 e. The van der Waals surface area contributed by atoms with Crippen LogP contribution in [0.5, 0.6) is 0 Å². The molecule has 2 rings (SSSR count). The van der Waals surface area contributed by atoms with Gasteiger partial charge >= 0.3 is 5.97 Å². The smallest absolute Gasteiger partial charge is 0.309 e. The Bertz CT molecular complexity index is 427. The van der Waals surface area contributed by atoms with Crippen LogP contribution in [0, 0.1) is 11.2 Å². The van der Waals surface area contributed by atoms with Gasteiger partial charge < -0.3 is 5.11 Å². The van der Waals surface area contributed by atoms with Crippen LogP contribution in [0.3, 0.4) is 0 Å². The zero-order valence-corrected chi connectivity index (χ0v) is 9.43. The Morgan fingerprint density at radius 3 is 2.69 bits per heavy atom. The lowest BCUT2D eigenvalue weighted by atomic mass is 9.65. The predicted octanol–water partition coefficient (Wildman–Crippen LogP) is 3.28. The zero-order valence-electron chi connectivity index (χ0n) is 8.67. The third kappa shape index (κ3) is 1.92. The SMILES string of the molecule is O=C(O)C1(Cc2cc(Cl)ccc2F)CCC1. The van der Waals surface area contributed by atoms with Gasteiger partial charge in [0.2, 0.25) is 0 Å². The van der Waals surface area contributed by atoms with Crippen LogP contribution in [0.4, 0.5) is 4.39 Å². The molecule has 0 saturated heterocycles. The van der Waals surface area contributed by atoms with Gasteiger partial charge in [0, 0.05) is 5.02 Å². The van der Waals surface area contributed by atoms with E-state index in [0.29, 0.717) is 23.4 Å². The summed E-state index contributed by atoms with van der Waals surface area (Å²) in [4.78, 5) is 11.1. The van der Waals surface area contributed by atoms with Crippen molar-refractivity contribution in [2.75, 3.05) is 0 Å². The van der Waals surface area contributed by atoms with Crippen LogP contribution in [0.2, 0.25) is 5.02 Å². The molecule has 86 valence electrons. The van der Waals surface area contributed by atoms with E-state index in [0.717, 1.165) is 6.42 Å². The summed E-state index contributed by atoms with van der Waals surface area (Å²) in [6, 6.07) is 4.26. The minimum atomic E-state index is -0.835. The van der Waals surface area contributed by atoms with Crippen molar-refractivity contribution in [2.24, 2.45) is 5.41 Å². The third-order valence-corrected chi connectivity index (χ3v) is 3.54. The molecular formula is C12H12ClFO2. The van der Waals surface area contributed by atoms with Gasteiger partial charge in [0.25, 0.3) is 0 Å². The lowest BCUT2D eigenvalue weighted by Crippen LogP contribution is -2.40. The fraction of sp³-hybridized carbons (Fsp3) is 0.417. The zero-order chi connectivity index (χ0) is 11.8. The number of carboxylic acid groups (broad SMARTS) is 1. The molecule has 0 atom stereocenters.